The van der Waals surface area contributed by atoms with Crippen LogP contribution in [0, 0.1) is 0 Å². The number of anilines is 1. The summed E-state index contributed by atoms with van der Waals surface area (Å²) in [5.74, 6) is 0.175. The van der Waals surface area contributed by atoms with Gasteiger partial charge in [-0.15, -0.1) is 0 Å². The Morgan fingerprint density at radius 1 is 1.38 bits per heavy atom. The van der Waals surface area contributed by atoms with Crippen LogP contribution in [0.15, 0.2) is 24.3 Å². The van der Waals surface area contributed by atoms with E-state index < -0.39 is 10.2 Å². The van der Waals surface area contributed by atoms with Crippen LogP contribution in [0.2, 0.25) is 0 Å². The van der Waals surface area contributed by atoms with E-state index in [9.17, 15) is 13.2 Å². The number of carbonyl (C=O) groups excluding carboxylic acids is 1. The molecule has 0 bridgehead atoms. The average Bonchev–Trinajstić information content (AvgIpc) is 2.78. The molecule has 1 N–H and O–H groups in total. The standard InChI is InChI=1S/C14H21N3O3S/c1-11(18)17-10-12(13-6-4-5-7-14(13)17)8-9-15-21(19,20)16(2)3/h4-7,12,15H,8-10H2,1-3H3. The van der Waals surface area contributed by atoms with Gasteiger partial charge < -0.3 is 4.90 Å². The van der Waals surface area contributed by atoms with Gasteiger partial charge in [-0.2, -0.15) is 12.7 Å². The number of nitrogens with zero attached hydrogens (tertiary/aromatic N) is 2. The zero-order chi connectivity index (χ0) is 15.6. The maximum atomic E-state index is 11.7. The summed E-state index contributed by atoms with van der Waals surface area (Å²) >= 11 is 0. The molecule has 6 nitrogen and oxygen atoms in total. The van der Waals surface area contributed by atoms with E-state index >= 15 is 0 Å². The highest BCUT2D eigenvalue weighted by molar-refractivity contribution is 7.87. The smallest absolute Gasteiger partial charge is 0.278 e. The largest absolute Gasteiger partial charge is 0.312 e. The molecule has 0 radical (unpaired) electrons. The van der Waals surface area contributed by atoms with Gasteiger partial charge in [0.25, 0.3) is 10.2 Å². The molecule has 0 aliphatic carbocycles. The van der Waals surface area contributed by atoms with Crippen LogP contribution in [0.1, 0.15) is 24.8 Å². The first-order valence-corrected chi connectivity index (χ1v) is 8.31. The van der Waals surface area contributed by atoms with Gasteiger partial charge in [-0.1, -0.05) is 18.2 Å². The number of carbonyl (C=O) groups is 1. The fourth-order valence-corrected chi connectivity index (χ4v) is 3.17. The molecule has 0 saturated heterocycles. The minimum atomic E-state index is -3.39. The van der Waals surface area contributed by atoms with E-state index in [2.05, 4.69) is 4.72 Å². The van der Waals surface area contributed by atoms with Gasteiger partial charge in [-0.05, 0) is 18.1 Å². The zero-order valence-electron chi connectivity index (χ0n) is 12.5. The second kappa shape index (κ2) is 6.13. The topological polar surface area (TPSA) is 69.7 Å². The highest BCUT2D eigenvalue weighted by Gasteiger charge is 2.30. The fraction of sp³-hybridized carbons (Fsp3) is 0.500. The lowest BCUT2D eigenvalue weighted by molar-refractivity contribution is -0.116. The normalized spacial score (nSPS) is 18.1. The Hall–Kier alpha value is -1.44. The summed E-state index contributed by atoms with van der Waals surface area (Å²) in [4.78, 5) is 13.4. The van der Waals surface area contributed by atoms with Crippen LogP contribution in [-0.2, 0) is 15.0 Å². The summed E-state index contributed by atoms with van der Waals surface area (Å²) in [5, 5.41) is 0. The van der Waals surface area contributed by atoms with Crippen molar-refractivity contribution in [3.05, 3.63) is 29.8 Å². The van der Waals surface area contributed by atoms with Crippen molar-refractivity contribution in [2.75, 3.05) is 32.1 Å². The molecule has 1 heterocycles. The van der Waals surface area contributed by atoms with Gasteiger partial charge in [0, 0.05) is 45.7 Å². The Balaban J connectivity index is 2.05. The number of amides is 1. The van der Waals surface area contributed by atoms with E-state index in [1.165, 1.54) is 14.1 Å². The molecule has 0 fully saturated rings. The molecule has 1 amide bonds. The van der Waals surface area contributed by atoms with Crippen molar-refractivity contribution in [1.29, 1.82) is 0 Å². The lowest BCUT2D eigenvalue weighted by Gasteiger charge is -2.16. The molecule has 0 saturated carbocycles. The van der Waals surface area contributed by atoms with E-state index in [1.807, 2.05) is 24.3 Å². The Labute approximate surface area is 125 Å². The summed E-state index contributed by atoms with van der Waals surface area (Å²) in [6.07, 6.45) is 0.661. The summed E-state index contributed by atoms with van der Waals surface area (Å²) in [6.45, 7) is 2.51. The van der Waals surface area contributed by atoms with Gasteiger partial charge >= 0.3 is 0 Å². The summed E-state index contributed by atoms with van der Waals surface area (Å²) in [6, 6.07) is 7.79. The van der Waals surface area contributed by atoms with E-state index in [0.29, 0.717) is 19.5 Å². The van der Waals surface area contributed by atoms with Crippen molar-refractivity contribution >= 4 is 21.8 Å². The average molecular weight is 311 g/mol. The number of rotatable bonds is 5. The molecule has 1 aromatic carbocycles. The number of para-hydroxylation sites is 1. The van der Waals surface area contributed by atoms with Crippen LogP contribution in [0.4, 0.5) is 5.69 Å². The van der Waals surface area contributed by atoms with E-state index in [1.54, 1.807) is 11.8 Å². The molecule has 1 unspecified atom stereocenters. The summed E-state index contributed by atoms with van der Waals surface area (Å²) in [7, 11) is -0.413. The molecular formula is C14H21N3O3S. The molecule has 1 aliphatic rings. The van der Waals surface area contributed by atoms with Gasteiger partial charge in [0.05, 0.1) is 0 Å². The molecule has 21 heavy (non-hydrogen) atoms. The highest BCUT2D eigenvalue weighted by Crippen LogP contribution is 2.37. The summed E-state index contributed by atoms with van der Waals surface area (Å²) in [5.41, 5.74) is 2.04. The second-order valence-electron chi connectivity index (χ2n) is 5.36. The van der Waals surface area contributed by atoms with Crippen LogP contribution in [0.5, 0.6) is 0 Å². The molecule has 2 rings (SSSR count). The van der Waals surface area contributed by atoms with Gasteiger partial charge in [-0.25, -0.2) is 4.72 Å². The Bertz CT molecular complexity index is 628. The maximum absolute atomic E-state index is 11.7. The van der Waals surface area contributed by atoms with Gasteiger partial charge in [0.1, 0.15) is 0 Å². The maximum Gasteiger partial charge on any atom is 0.278 e. The lowest BCUT2D eigenvalue weighted by Crippen LogP contribution is -2.36. The zero-order valence-corrected chi connectivity index (χ0v) is 13.4. The quantitative estimate of drug-likeness (QED) is 0.879. The monoisotopic (exact) mass is 311 g/mol. The van der Waals surface area contributed by atoms with Crippen molar-refractivity contribution in [1.82, 2.24) is 9.03 Å². The first kappa shape index (κ1) is 15.9. The van der Waals surface area contributed by atoms with E-state index in [0.717, 1.165) is 15.6 Å². The van der Waals surface area contributed by atoms with E-state index in [-0.39, 0.29) is 11.8 Å². The molecule has 116 valence electrons. The molecule has 0 aromatic heterocycles. The first-order chi connectivity index (χ1) is 9.83. The number of fused-ring (bicyclic) bond motifs is 1. The Morgan fingerprint density at radius 3 is 2.67 bits per heavy atom. The molecule has 1 atom stereocenters. The molecule has 7 heteroatoms. The third kappa shape index (κ3) is 3.42. The Kier molecular flexibility index (Phi) is 4.65. The number of hydrogen-bond donors (Lipinski definition) is 1. The van der Waals surface area contributed by atoms with E-state index in [4.69, 9.17) is 0 Å². The number of hydrogen-bond acceptors (Lipinski definition) is 3. The van der Waals surface area contributed by atoms with Crippen molar-refractivity contribution in [3.8, 4) is 0 Å². The lowest BCUT2D eigenvalue weighted by atomic mass is 9.98. The van der Waals surface area contributed by atoms with Crippen molar-refractivity contribution in [2.45, 2.75) is 19.3 Å². The molecule has 0 spiro atoms. The SMILES string of the molecule is CC(=O)N1CC(CCNS(=O)(=O)N(C)C)c2ccccc21. The van der Waals surface area contributed by atoms with Crippen LogP contribution in [0.3, 0.4) is 0 Å². The minimum Gasteiger partial charge on any atom is -0.312 e. The van der Waals surface area contributed by atoms with Crippen molar-refractivity contribution < 1.29 is 13.2 Å². The second-order valence-corrected chi connectivity index (χ2v) is 7.32. The van der Waals surface area contributed by atoms with Crippen molar-refractivity contribution in [3.63, 3.8) is 0 Å². The van der Waals surface area contributed by atoms with Gasteiger partial charge in [0.2, 0.25) is 5.91 Å². The third-order valence-electron chi connectivity index (χ3n) is 3.71. The van der Waals surface area contributed by atoms with Gasteiger partial charge in [-0.3, -0.25) is 4.79 Å². The third-order valence-corrected chi connectivity index (χ3v) is 5.24. The molecule has 1 aliphatic heterocycles. The Morgan fingerprint density at radius 2 is 2.05 bits per heavy atom. The highest BCUT2D eigenvalue weighted by atomic mass is 32.2. The van der Waals surface area contributed by atoms with Crippen LogP contribution in [-0.4, -0.2) is 45.8 Å². The van der Waals surface area contributed by atoms with Crippen LogP contribution < -0.4 is 9.62 Å². The van der Waals surface area contributed by atoms with Gasteiger partial charge in [0.15, 0.2) is 0 Å². The predicted octanol–water partition coefficient (Wildman–Crippen LogP) is 0.923. The van der Waals surface area contributed by atoms with Crippen molar-refractivity contribution in [2.24, 2.45) is 0 Å². The van der Waals surface area contributed by atoms with Crippen LogP contribution >= 0.6 is 0 Å². The number of nitrogens with one attached hydrogen (secondary N) is 1. The molecule has 1 aromatic rings. The fourth-order valence-electron chi connectivity index (χ4n) is 2.53. The van der Waals surface area contributed by atoms with Crippen LogP contribution in [0.25, 0.3) is 0 Å². The predicted molar refractivity (Wildman–Crippen MR) is 82.4 cm³/mol. The first-order valence-electron chi connectivity index (χ1n) is 6.87. The number of benzene rings is 1. The summed E-state index contributed by atoms with van der Waals surface area (Å²) < 4.78 is 27.1. The molecular weight excluding hydrogens is 290 g/mol. The minimum absolute atomic E-state index is 0.0128.